The van der Waals surface area contributed by atoms with Crippen LogP contribution in [-0.4, -0.2) is 15.0 Å². The fourth-order valence-corrected chi connectivity index (χ4v) is 2.58. The molecular formula is C19H16FN3O3. The quantitative estimate of drug-likeness (QED) is 0.730. The lowest BCUT2D eigenvalue weighted by Crippen LogP contribution is -2.41. The summed E-state index contributed by atoms with van der Waals surface area (Å²) in [7, 11) is 0. The van der Waals surface area contributed by atoms with E-state index in [1.807, 2.05) is 19.1 Å². The van der Waals surface area contributed by atoms with Gasteiger partial charge in [-0.1, -0.05) is 24.3 Å². The monoisotopic (exact) mass is 353 g/mol. The zero-order chi connectivity index (χ0) is 18.7. The summed E-state index contributed by atoms with van der Waals surface area (Å²) >= 11 is 0. The first-order valence-electron chi connectivity index (χ1n) is 7.89. The van der Waals surface area contributed by atoms with Crippen LogP contribution >= 0.6 is 0 Å². The van der Waals surface area contributed by atoms with Gasteiger partial charge in [0.1, 0.15) is 12.4 Å². The van der Waals surface area contributed by atoms with Crippen LogP contribution in [-0.2, 0) is 11.3 Å². The lowest BCUT2D eigenvalue weighted by Gasteiger charge is -2.11. The van der Waals surface area contributed by atoms with Crippen molar-refractivity contribution in [2.24, 2.45) is 0 Å². The molecule has 0 radical (unpaired) electrons. The number of amides is 1. The number of nitrogens with zero attached hydrogens (tertiary/aromatic N) is 2. The van der Waals surface area contributed by atoms with Crippen molar-refractivity contribution in [3.8, 4) is 5.69 Å². The summed E-state index contributed by atoms with van der Waals surface area (Å²) in [4.78, 5) is 36.7. The number of hydrogen-bond donors (Lipinski definition) is 1. The molecule has 3 rings (SSSR count). The number of rotatable bonds is 4. The molecule has 1 amide bonds. The maximum absolute atomic E-state index is 13.1. The maximum Gasteiger partial charge on any atom is 0.320 e. The molecule has 1 N–H and O–H groups in total. The average Bonchev–Trinajstić information content (AvgIpc) is 2.60. The van der Waals surface area contributed by atoms with Crippen LogP contribution in [0.15, 0.2) is 70.5 Å². The second-order valence-electron chi connectivity index (χ2n) is 5.75. The highest BCUT2D eigenvalue weighted by Gasteiger charge is 2.11. The van der Waals surface area contributed by atoms with Gasteiger partial charge in [0.25, 0.3) is 0 Å². The minimum Gasteiger partial charge on any atom is -0.324 e. The van der Waals surface area contributed by atoms with Crippen molar-refractivity contribution in [1.29, 1.82) is 0 Å². The highest BCUT2D eigenvalue weighted by atomic mass is 19.1. The first-order valence-corrected chi connectivity index (χ1v) is 7.89. The molecule has 0 saturated carbocycles. The number of anilines is 1. The van der Waals surface area contributed by atoms with Gasteiger partial charge in [-0.05, 0) is 36.8 Å². The molecule has 0 bridgehead atoms. The molecule has 0 saturated heterocycles. The molecule has 6 nitrogen and oxygen atoms in total. The zero-order valence-electron chi connectivity index (χ0n) is 14.0. The van der Waals surface area contributed by atoms with E-state index in [0.717, 1.165) is 16.2 Å². The number of carbonyl (C=O) groups excluding carboxylic acids is 1. The Morgan fingerprint density at radius 2 is 1.81 bits per heavy atom. The van der Waals surface area contributed by atoms with Gasteiger partial charge in [-0.3, -0.25) is 23.5 Å². The first kappa shape index (κ1) is 17.3. The Morgan fingerprint density at radius 3 is 2.54 bits per heavy atom. The van der Waals surface area contributed by atoms with E-state index in [-0.39, 0.29) is 12.2 Å². The fraction of sp³-hybridized carbons (Fsp3) is 0.105. The molecular weight excluding hydrogens is 337 g/mol. The van der Waals surface area contributed by atoms with Crippen molar-refractivity contribution in [2.75, 3.05) is 5.32 Å². The lowest BCUT2D eigenvalue weighted by atomic mass is 10.2. The number of aromatic nitrogens is 2. The van der Waals surface area contributed by atoms with E-state index in [9.17, 15) is 18.8 Å². The molecule has 132 valence electrons. The van der Waals surface area contributed by atoms with E-state index < -0.39 is 22.8 Å². The summed E-state index contributed by atoms with van der Waals surface area (Å²) in [6.07, 6.45) is 2.82. The second-order valence-corrected chi connectivity index (χ2v) is 5.75. The smallest absolute Gasteiger partial charge is 0.320 e. The van der Waals surface area contributed by atoms with Crippen LogP contribution in [0.5, 0.6) is 0 Å². The second kappa shape index (κ2) is 7.18. The van der Waals surface area contributed by atoms with Crippen molar-refractivity contribution >= 4 is 11.6 Å². The molecule has 1 aromatic heterocycles. The minimum absolute atomic E-state index is 0.274. The van der Waals surface area contributed by atoms with Crippen molar-refractivity contribution in [3.05, 3.63) is 93.0 Å². The average molecular weight is 353 g/mol. The molecule has 26 heavy (non-hydrogen) atoms. The molecule has 0 atom stereocenters. The summed E-state index contributed by atoms with van der Waals surface area (Å²) in [5, 5.41) is 2.49. The van der Waals surface area contributed by atoms with E-state index in [1.54, 1.807) is 12.1 Å². The Hall–Kier alpha value is -3.48. The SMILES string of the molecule is Cc1ccccc1-n1ccn(CC(=O)Nc2cccc(F)c2)c(=O)c1=O. The predicted molar refractivity (Wildman–Crippen MR) is 96.1 cm³/mol. The van der Waals surface area contributed by atoms with Gasteiger partial charge in [-0.15, -0.1) is 0 Å². The molecule has 2 aromatic carbocycles. The number of hydrogen-bond acceptors (Lipinski definition) is 3. The Morgan fingerprint density at radius 1 is 1.04 bits per heavy atom. The molecule has 7 heteroatoms. The van der Waals surface area contributed by atoms with Crippen molar-refractivity contribution < 1.29 is 9.18 Å². The Labute approximate surface area is 148 Å². The third kappa shape index (κ3) is 3.61. The standard InChI is InChI=1S/C19H16FN3O3/c1-13-5-2-3-8-16(13)23-10-9-22(18(25)19(23)26)12-17(24)21-15-7-4-6-14(20)11-15/h2-11H,12H2,1H3,(H,21,24). The number of benzene rings is 2. The third-order valence-electron chi connectivity index (χ3n) is 3.86. The Balaban J connectivity index is 1.85. The number of halogens is 1. The lowest BCUT2D eigenvalue weighted by molar-refractivity contribution is -0.116. The summed E-state index contributed by atoms with van der Waals surface area (Å²) in [5.41, 5.74) is 0.156. The van der Waals surface area contributed by atoms with Gasteiger partial charge in [0.15, 0.2) is 0 Å². The van der Waals surface area contributed by atoms with Crippen LogP contribution < -0.4 is 16.4 Å². The highest BCUT2D eigenvalue weighted by Crippen LogP contribution is 2.10. The highest BCUT2D eigenvalue weighted by molar-refractivity contribution is 5.90. The zero-order valence-corrected chi connectivity index (χ0v) is 14.0. The van der Waals surface area contributed by atoms with E-state index in [1.165, 1.54) is 35.2 Å². The summed E-state index contributed by atoms with van der Waals surface area (Å²) in [5.74, 6) is -1.02. The van der Waals surface area contributed by atoms with Gasteiger partial charge in [0.2, 0.25) is 5.91 Å². The van der Waals surface area contributed by atoms with Gasteiger partial charge >= 0.3 is 11.1 Å². The summed E-state index contributed by atoms with van der Waals surface area (Å²) in [6, 6.07) is 12.6. The molecule has 0 aliphatic rings. The topological polar surface area (TPSA) is 73.1 Å². The number of carbonyl (C=O) groups is 1. The Kier molecular flexibility index (Phi) is 4.79. The van der Waals surface area contributed by atoms with E-state index in [0.29, 0.717) is 5.69 Å². The van der Waals surface area contributed by atoms with Crippen LogP contribution in [0.1, 0.15) is 5.56 Å². The normalized spacial score (nSPS) is 10.5. The van der Waals surface area contributed by atoms with Crippen LogP contribution in [0.2, 0.25) is 0 Å². The Bertz CT molecular complexity index is 1090. The first-order chi connectivity index (χ1) is 12.5. The predicted octanol–water partition coefficient (Wildman–Crippen LogP) is 2.09. The van der Waals surface area contributed by atoms with Gasteiger partial charge in [-0.25, -0.2) is 4.39 Å². The molecule has 0 spiro atoms. The minimum atomic E-state index is -0.815. The maximum atomic E-state index is 13.1. The molecule has 1 heterocycles. The molecule has 0 aliphatic carbocycles. The third-order valence-corrected chi connectivity index (χ3v) is 3.86. The largest absolute Gasteiger partial charge is 0.324 e. The summed E-state index contributed by atoms with van der Waals surface area (Å²) < 4.78 is 15.4. The van der Waals surface area contributed by atoms with Gasteiger partial charge in [-0.2, -0.15) is 0 Å². The number of para-hydroxylation sites is 1. The van der Waals surface area contributed by atoms with Crippen LogP contribution in [0.25, 0.3) is 5.69 Å². The van der Waals surface area contributed by atoms with Crippen molar-refractivity contribution in [3.63, 3.8) is 0 Å². The van der Waals surface area contributed by atoms with Gasteiger partial charge < -0.3 is 5.32 Å². The number of nitrogens with one attached hydrogen (secondary N) is 1. The van der Waals surface area contributed by atoms with E-state index in [4.69, 9.17) is 0 Å². The van der Waals surface area contributed by atoms with Crippen LogP contribution in [0.3, 0.4) is 0 Å². The van der Waals surface area contributed by atoms with Crippen molar-refractivity contribution in [2.45, 2.75) is 13.5 Å². The van der Waals surface area contributed by atoms with Crippen molar-refractivity contribution in [1.82, 2.24) is 9.13 Å². The van der Waals surface area contributed by atoms with E-state index >= 15 is 0 Å². The van der Waals surface area contributed by atoms with Crippen LogP contribution in [0, 0.1) is 12.7 Å². The fourth-order valence-electron chi connectivity index (χ4n) is 2.58. The van der Waals surface area contributed by atoms with Crippen LogP contribution in [0.4, 0.5) is 10.1 Å². The molecule has 3 aromatic rings. The van der Waals surface area contributed by atoms with Gasteiger partial charge in [0, 0.05) is 18.1 Å². The number of aryl methyl sites for hydroxylation is 1. The molecule has 0 aliphatic heterocycles. The molecule has 0 unspecified atom stereocenters. The molecule has 0 fully saturated rings. The van der Waals surface area contributed by atoms with E-state index in [2.05, 4.69) is 5.32 Å². The van der Waals surface area contributed by atoms with Gasteiger partial charge in [0.05, 0.1) is 5.69 Å². The summed E-state index contributed by atoms with van der Waals surface area (Å²) in [6.45, 7) is 1.49.